The molecular weight excluding hydrogens is 416 g/mol. The van der Waals surface area contributed by atoms with Crippen LogP contribution in [-0.2, 0) is 11.8 Å². The summed E-state index contributed by atoms with van der Waals surface area (Å²) in [6, 6.07) is 16.9. The van der Waals surface area contributed by atoms with Crippen molar-refractivity contribution in [3.8, 4) is 11.4 Å². The molecule has 1 N–H and O–H groups in total. The minimum Gasteiger partial charge on any atom is -0.464 e. The average molecular weight is 443 g/mol. The summed E-state index contributed by atoms with van der Waals surface area (Å²) in [6.07, 6.45) is 0. The molecular formula is C26H26N4O3. The van der Waals surface area contributed by atoms with Crippen LogP contribution in [0.25, 0.3) is 22.3 Å². The van der Waals surface area contributed by atoms with Crippen LogP contribution in [0.15, 0.2) is 59.4 Å². The van der Waals surface area contributed by atoms with E-state index < -0.39 is 5.97 Å². The van der Waals surface area contributed by atoms with E-state index in [9.17, 15) is 9.59 Å². The van der Waals surface area contributed by atoms with E-state index in [-0.39, 0.29) is 17.3 Å². The van der Waals surface area contributed by atoms with Gasteiger partial charge in [-0.2, -0.15) is 0 Å². The van der Waals surface area contributed by atoms with Gasteiger partial charge in [0.05, 0.1) is 29.7 Å². The van der Waals surface area contributed by atoms with Gasteiger partial charge in [-0.3, -0.25) is 9.36 Å². The highest BCUT2D eigenvalue weighted by Gasteiger charge is 2.20. The molecule has 0 aliphatic heterocycles. The van der Waals surface area contributed by atoms with Crippen molar-refractivity contribution < 1.29 is 9.53 Å². The van der Waals surface area contributed by atoms with Gasteiger partial charge in [0.15, 0.2) is 5.69 Å². The molecule has 0 saturated carbocycles. The van der Waals surface area contributed by atoms with Crippen LogP contribution in [-0.4, -0.2) is 27.6 Å². The summed E-state index contributed by atoms with van der Waals surface area (Å²) in [6.45, 7) is 5.74. The SMILES string of the molecule is COC(=O)c1nc(C)ccc1N[C@H](C)c1cc(C)cc2c(=O)n(C)c(-c3ccccc3)nc12. The zero-order valence-electron chi connectivity index (χ0n) is 19.3. The molecule has 2 aromatic carbocycles. The van der Waals surface area contributed by atoms with Crippen molar-refractivity contribution in [3.05, 3.63) is 87.5 Å². The summed E-state index contributed by atoms with van der Waals surface area (Å²) in [5.74, 6) is 0.0820. The molecule has 0 unspecified atom stereocenters. The Balaban J connectivity index is 1.87. The lowest BCUT2D eigenvalue weighted by Gasteiger charge is -2.20. The third-order valence-corrected chi connectivity index (χ3v) is 5.64. The molecule has 33 heavy (non-hydrogen) atoms. The summed E-state index contributed by atoms with van der Waals surface area (Å²) >= 11 is 0. The number of esters is 1. The minimum atomic E-state index is -0.513. The summed E-state index contributed by atoms with van der Waals surface area (Å²) in [4.78, 5) is 34.8. The number of fused-ring (bicyclic) bond motifs is 1. The first kappa shape index (κ1) is 22.2. The zero-order valence-corrected chi connectivity index (χ0v) is 19.3. The van der Waals surface area contributed by atoms with Crippen molar-refractivity contribution >= 4 is 22.6 Å². The van der Waals surface area contributed by atoms with Gasteiger partial charge in [0, 0.05) is 23.9 Å². The Morgan fingerprint density at radius 1 is 1.06 bits per heavy atom. The monoisotopic (exact) mass is 442 g/mol. The van der Waals surface area contributed by atoms with Gasteiger partial charge in [-0.15, -0.1) is 0 Å². The summed E-state index contributed by atoms with van der Waals surface area (Å²) in [5.41, 5.74) is 4.68. The van der Waals surface area contributed by atoms with E-state index in [2.05, 4.69) is 10.3 Å². The first-order valence-electron chi connectivity index (χ1n) is 10.7. The molecule has 0 fully saturated rings. The molecule has 0 amide bonds. The molecule has 4 aromatic rings. The molecule has 0 aliphatic rings. The largest absolute Gasteiger partial charge is 0.464 e. The lowest BCUT2D eigenvalue weighted by atomic mass is 10.0. The van der Waals surface area contributed by atoms with Crippen molar-refractivity contribution in [2.75, 3.05) is 12.4 Å². The van der Waals surface area contributed by atoms with E-state index in [0.717, 1.165) is 16.7 Å². The van der Waals surface area contributed by atoms with E-state index in [4.69, 9.17) is 9.72 Å². The number of carbonyl (C=O) groups excluding carboxylic acids is 1. The van der Waals surface area contributed by atoms with E-state index in [1.165, 1.54) is 7.11 Å². The standard InChI is InChI=1S/C26H26N4O3/c1-15-13-19(17(3)28-21-12-11-16(2)27-23(21)26(32)33-5)22-20(14-15)25(31)30(4)24(29-22)18-9-7-6-8-10-18/h6-14,17,28H,1-5H3/t17-/m1/s1. The average Bonchev–Trinajstić information content (AvgIpc) is 2.82. The Kier molecular flexibility index (Phi) is 5.96. The normalized spacial score (nSPS) is 11.9. The molecule has 4 rings (SSSR count). The number of methoxy groups -OCH3 is 1. The number of nitrogens with one attached hydrogen (secondary N) is 1. The lowest BCUT2D eigenvalue weighted by molar-refractivity contribution is 0.0595. The topological polar surface area (TPSA) is 86.1 Å². The van der Waals surface area contributed by atoms with Crippen LogP contribution in [0, 0.1) is 13.8 Å². The van der Waals surface area contributed by atoms with Gasteiger partial charge in [-0.05, 0) is 44.5 Å². The number of aryl methyl sites for hydroxylation is 2. The van der Waals surface area contributed by atoms with Crippen molar-refractivity contribution in [1.29, 1.82) is 0 Å². The fraction of sp³-hybridized carbons (Fsp3) is 0.231. The van der Waals surface area contributed by atoms with Crippen LogP contribution in [0.3, 0.4) is 0 Å². The number of carbonyl (C=O) groups is 1. The number of ether oxygens (including phenoxy) is 1. The number of rotatable bonds is 5. The second kappa shape index (κ2) is 8.86. The molecule has 0 spiro atoms. The van der Waals surface area contributed by atoms with E-state index in [0.29, 0.717) is 28.1 Å². The maximum atomic E-state index is 13.3. The zero-order chi connectivity index (χ0) is 23.7. The highest BCUT2D eigenvalue weighted by atomic mass is 16.5. The molecule has 2 heterocycles. The Morgan fingerprint density at radius 2 is 1.79 bits per heavy atom. The predicted molar refractivity (Wildman–Crippen MR) is 130 cm³/mol. The number of hydrogen-bond donors (Lipinski definition) is 1. The third kappa shape index (κ3) is 4.22. The Labute approximate surface area is 192 Å². The lowest BCUT2D eigenvalue weighted by Crippen LogP contribution is -2.22. The van der Waals surface area contributed by atoms with Gasteiger partial charge in [0.2, 0.25) is 0 Å². The predicted octanol–water partition coefficient (Wildman–Crippen LogP) is 4.57. The number of aromatic nitrogens is 3. The highest BCUT2D eigenvalue weighted by molar-refractivity contribution is 5.93. The van der Waals surface area contributed by atoms with Crippen molar-refractivity contribution in [2.45, 2.75) is 26.8 Å². The van der Waals surface area contributed by atoms with Crippen LogP contribution in [0.1, 0.15) is 40.3 Å². The fourth-order valence-corrected chi connectivity index (χ4v) is 3.96. The minimum absolute atomic E-state index is 0.108. The van der Waals surface area contributed by atoms with Crippen LogP contribution in [0.5, 0.6) is 0 Å². The number of hydrogen-bond acceptors (Lipinski definition) is 6. The molecule has 168 valence electrons. The van der Waals surface area contributed by atoms with Gasteiger partial charge >= 0.3 is 5.97 Å². The Morgan fingerprint density at radius 3 is 2.48 bits per heavy atom. The molecule has 1 atom stereocenters. The first-order valence-corrected chi connectivity index (χ1v) is 10.7. The number of nitrogens with zero attached hydrogens (tertiary/aromatic N) is 3. The number of anilines is 1. The second-order valence-electron chi connectivity index (χ2n) is 8.12. The van der Waals surface area contributed by atoms with Crippen molar-refractivity contribution in [1.82, 2.24) is 14.5 Å². The summed E-state index contributed by atoms with van der Waals surface area (Å²) < 4.78 is 6.49. The number of benzene rings is 2. The first-order chi connectivity index (χ1) is 15.8. The molecule has 0 aliphatic carbocycles. The van der Waals surface area contributed by atoms with Gasteiger partial charge in [-0.25, -0.2) is 14.8 Å². The molecule has 2 aromatic heterocycles. The number of pyridine rings is 1. The summed E-state index contributed by atoms with van der Waals surface area (Å²) in [5, 5.41) is 3.92. The molecule has 7 nitrogen and oxygen atoms in total. The quantitative estimate of drug-likeness (QED) is 0.456. The van der Waals surface area contributed by atoms with Crippen LogP contribution >= 0.6 is 0 Å². The van der Waals surface area contributed by atoms with Crippen molar-refractivity contribution in [2.24, 2.45) is 7.05 Å². The maximum Gasteiger partial charge on any atom is 0.358 e. The highest BCUT2D eigenvalue weighted by Crippen LogP contribution is 2.29. The molecule has 0 saturated heterocycles. The smallest absolute Gasteiger partial charge is 0.358 e. The van der Waals surface area contributed by atoms with Crippen LogP contribution < -0.4 is 10.9 Å². The van der Waals surface area contributed by atoms with Crippen molar-refractivity contribution in [3.63, 3.8) is 0 Å². The maximum absolute atomic E-state index is 13.3. The van der Waals surface area contributed by atoms with Gasteiger partial charge in [0.25, 0.3) is 5.56 Å². The van der Waals surface area contributed by atoms with Gasteiger partial charge < -0.3 is 10.1 Å². The second-order valence-corrected chi connectivity index (χ2v) is 8.12. The van der Waals surface area contributed by atoms with E-state index in [1.807, 2.05) is 75.4 Å². The van der Waals surface area contributed by atoms with Gasteiger partial charge in [-0.1, -0.05) is 36.4 Å². The van der Waals surface area contributed by atoms with E-state index in [1.54, 1.807) is 11.6 Å². The molecule has 0 bridgehead atoms. The van der Waals surface area contributed by atoms with Crippen LogP contribution in [0.4, 0.5) is 5.69 Å². The summed E-state index contributed by atoms with van der Waals surface area (Å²) in [7, 11) is 3.07. The van der Waals surface area contributed by atoms with E-state index >= 15 is 0 Å². The molecule has 0 radical (unpaired) electrons. The Bertz CT molecular complexity index is 1410. The fourth-order valence-electron chi connectivity index (χ4n) is 3.96. The molecule has 7 heteroatoms. The van der Waals surface area contributed by atoms with Crippen LogP contribution in [0.2, 0.25) is 0 Å². The Hall–Kier alpha value is -4.00. The third-order valence-electron chi connectivity index (χ3n) is 5.64. The van der Waals surface area contributed by atoms with Gasteiger partial charge in [0.1, 0.15) is 5.82 Å².